The van der Waals surface area contributed by atoms with Gasteiger partial charge in [-0.05, 0) is 37.9 Å². The van der Waals surface area contributed by atoms with Crippen LogP contribution in [-0.4, -0.2) is 26.1 Å². The Kier molecular flexibility index (Phi) is 5.95. The molecule has 0 heterocycles. The van der Waals surface area contributed by atoms with Crippen molar-refractivity contribution in [3.8, 4) is 11.8 Å². The predicted octanol–water partition coefficient (Wildman–Crippen LogP) is 2.27. The molecule has 18 heavy (non-hydrogen) atoms. The van der Waals surface area contributed by atoms with E-state index in [0.717, 1.165) is 14.6 Å². The Morgan fingerprint density at radius 2 is 2.17 bits per heavy atom. The summed E-state index contributed by atoms with van der Waals surface area (Å²) >= 11 is 6.74. The lowest BCUT2D eigenvalue weighted by Gasteiger charge is -2.11. The fourth-order valence-corrected chi connectivity index (χ4v) is 2.49. The Bertz CT molecular complexity index is 486. The van der Waals surface area contributed by atoms with E-state index in [1.165, 1.54) is 0 Å². The largest absolute Gasteiger partial charge is 0.495 e. The molecule has 0 unspecified atom stereocenters. The number of methoxy groups -OCH3 is 1. The minimum Gasteiger partial charge on any atom is -0.495 e. The number of rotatable bonds is 5. The molecule has 0 aliphatic heterocycles. The second-order valence-electron chi connectivity index (χ2n) is 3.25. The number of benzene rings is 1. The number of anilines is 1. The maximum Gasteiger partial charge on any atom is 0.240 e. The van der Waals surface area contributed by atoms with Crippen molar-refractivity contribution in [2.24, 2.45) is 0 Å². The van der Waals surface area contributed by atoms with E-state index in [4.69, 9.17) is 10.00 Å². The third-order valence-electron chi connectivity index (χ3n) is 2.05. The van der Waals surface area contributed by atoms with Gasteiger partial charge in [-0.15, -0.1) is 0 Å². The standard InChI is InChI=1S/C11H11Br2N3O2/c1-18-10-5-9(7(12)4-8(10)13)16-6-11(17)15-3-2-14/h4-5,16H,3,6H2,1H3,(H,15,17). The molecule has 0 fully saturated rings. The van der Waals surface area contributed by atoms with Gasteiger partial charge in [-0.1, -0.05) is 0 Å². The second kappa shape index (κ2) is 7.24. The molecule has 0 spiro atoms. The molecular weight excluding hydrogens is 366 g/mol. The molecule has 0 saturated carbocycles. The van der Waals surface area contributed by atoms with E-state index in [9.17, 15) is 4.79 Å². The van der Waals surface area contributed by atoms with E-state index < -0.39 is 0 Å². The first-order chi connectivity index (χ1) is 8.58. The van der Waals surface area contributed by atoms with Gasteiger partial charge < -0.3 is 15.4 Å². The summed E-state index contributed by atoms with van der Waals surface area (Å²) < 4.78 is 6.79. The number of nitrogens with one attached hydrogen (secondary N) is 2. The van der Waals surface area contributed by atoms with Crippen LogP contribution in [0.3, 0.4) is 0 Å². The number of carbonyl (C=O) groups excluding carboxylic acids is 1. The quantitative estimate of drug-likeness (QED) is 0.773. The topological polar surface area (TPSA) is 74.2 Å². The lowest BCUT2D eigenvalue weighted by atomic mass is 10.3. The van der Waals surface area contributed by atoms with Crippen LogP contribution in [0.15, 0.2) is 21.1 Å². The van der Waals surface area contributed by atoms with E-state index in [2.05, 4.69) is 42.5 Å². The molecule has 7 heteroatoms. The third-order valence-corrected chi connectivity index (χ3v) is 3.32. The maximum absolute atomic E-state index is 11.3. The number of amides is 1. The number of ether oxygens (including phenoxy) is 1. The molecule has 0 atom stereocenters. The summed E-state index contributed by atoms with van der Waals surface area (Å²) in [6, 6.07) is 5.44. The fourth-order valence-electron chi connectivity index (χ4n) is 1.20. The van der Waals surface area contributed by atoms with Gasteiger partial charge >= 0.3 is 0 Å². The molecule has 96 valence electrons. The van der Waals surface area contributed by atoms with E-state index in [-0.39, 0.29) is 19.0 Å². The van der Waals surface area contributed by atoms with Gasteiger partial charge in [0, 0.05) is 10.5 Å². The number of hydrogen-bond donors (Lipinski definition) is 2. The van der Waals surface area contributed by atoms with E-state index in [1.807, 2.05) is 12.1 Å². The first-order valence-electron chi connectivity index (χ1n) is 4.99. The molecule has 0 aliphatic carbocycles. The van der Waals surface area contributed by atoms with Crippen LogP contribution in [0.2, 0.25) is 0 Å². The Hall–Kier alpha value is -1.26. The lowest BCUT2D eigenvalue weighted by molar-refractivity contribution is -0.119. The summed E-state index contributed by atoms with van der Waals surface area (Å²) in [7, 11) is 1.57. The van der Waals surface area contributed by atoms with Crippen molar-refractivity contribution in [2.75, 3.05) is 25.5 Å². The van der Waals surface area contributed by atoms with Crippen molar-refractivity contribution in [3.63, 3.8) is 0 Å². The summed E-state index contributed by atoms with van der Waals surface area (Å²) in [5, 5.41) is 13.7. The SMILES string of the molecule is COc1cc(NCC(=O)NCC#N)c(Br)cc1Br. The van der Waals surface area contributed by atoms with Crippen molar-refractivity contribution < 1.29 is 9.53 Å². The Morgan fingerprint density at radius 1 is 1.44 bits per heavy atom. The molecule has 1 amide bonds. The van der Waals surface area contributed by atoms with Gasteiger partial charge in [0.1, 0.15) is 12.3 Å². The lowest BCUT2D eigenvalue weighted by Crippen LogP contribution is -2.30. The minimum atomic E-state index is -0.245. The Labute approximate surface area is 122 Å². The summed E-state index contributed by atoms with van der Waals surface area (Å²) in [5.41, 5.74) is 0.738. The van der Waals surface area contributed by atoms with Crippen LogP contribution in [0.5, 0.6) is 5.75 Å². The number of carbonyl (C=O) groups is 1. The van der Waals surface area contributed by atoms with Crippen molar-refractivity contribution in [2.45, 2.75) is 0 Å². The van der Waals surface area contributed by atoms with Crippen LogP contribution in [0, 0.1) is 11.3 Å². The van der Waals surface area contributed by atoms with Crippen LogP contribution < -0.4 is 15.4 Å². The van der Waals surface area contributed by atoms with Gasteiger partial charge in [0.05, 0.1) is 29.9 Å². The van der Waals surface area contributed by atoms with Crippen molar-refractivity contribution in [3.05, 3.63) is 21.1 Å². The minimum absolute atomic E-state index is 0.00530. The zero-order valence-electron chi connectivity index (χ0n) is 9.59. The van der Waals surface area contributed by atoms with Gasteiger partial charge in [0.15, 0.2) is 0 Å². The van der Waals surface area contributed by atoms with Crippen molar-refractivity contribution in [1.82, 2.24) is 5.32 Å². The highest BCUT2D eigenvalue weighted by atomic mass is 79.9. The molecular formula is C11H11Br2N3O2. The number of nitriles is 1. The van der Waals surface area contributed by atoms with Crippen LogP contribution in [0.4, 0.5) is 5.69 Å². The van der Waals surface area contributed by atoms with Crippen LogP contribution >= 0.6 is 31.9 Å². The first-order valence-corrected chi connectivity index (χ1v) is 6.57. The second-order valence-corrected chi connectivity index (χ2v) is 4.96. The highest BCUT2D eigenvalue weighted by Gasteiger charge is 2.08. The van der Waals surface area contributed by atoms with Crippen LogP contribution in [-0.2, 0) is 4.79 Å². The zero-order chi connectivity index (χ0) is 13.5. The molecule has 0 aliphatic rings. The Morgan fingerprint density at radius 3 is 2.78 bits per heavy atom. The van der Waals surface area contributed by atoms with Crippen LogP contribution in [0.1, 0.15) is 0 Å². The summed E-state index contributed by atoms with van der Waals surface area (Å²) in [6.45, 7) is 0.0937. The molecule has 5 nitrogen and oxygen atoms in total. The normalized spacial score (nSPS) is 9.44. The number of halogens is 2. The third kappa shape index (κ3) is 4.20. The average molecular weight is 377 g/mol. The maximum atomic E-state index is 11.3. The van der Waals surface area contributed by atoms with E-state index in [1.54, 1.807) is 13.2 Å². The smallest absolute Gasteiger partial charge is 0.240 e. The van der Waals surface area contributed by atoms with Gasteiger partial charge in [0.25, 0.3) is 0 Å². The van der Waals surface area contributed by atoms with Crippen LogP contribution in [0.25, 0.3) is 0 Å². The molecule has 2 N–H and O–H groups in total. The highest BCUT2D eigenvalue weighted by molar-refractivity contribution is 9.11. The molecule has 0 bridgehead atoms. The number of hydrogen-bond acceptors (Lipinski definition) is 4. The van der Waals surface area contributed by atoms with Gasteiger partial charge in [-0.2, -0.15) is 5.26 Å². The van der Waals surface area contributed by atoms with Gasteiger partial charge in [-0.25, -0.2) is 0 Å². The van der Waals surface area contributed by atoms with Gasteiger partial charge in [0.2, 0.25) is 5.91 Å². The van der Waals surface area contributed by atoms with Gasteiger partial charge in [-0.3, -0.25) is 4.79 Å². The molecule has 1 aromatic rings. The molecule has 0 radical (unpaired) electrons. The summed E-state index contributed by atoms with van der Waals surface area (Å²) in [6.07, 6.45) is 0. The molecule has 1 aromatic carbocycles. The average Bonchev–Trinajstić information content (AvgIpc) is 2.35. The van der Waals surface area contributed by atoms with Crippen molar-refractivity contribution >= 4 is 43.5 Å². The first kappa shape index (κ1) is 14.8. The molecule has 0 aromatic heterocycles. The predicted molar refractivity (Wildman–Crippen MR) is 75.5 cm³/mol. The zero-order valence-corrected chi connectivity index (χ0v) is 12.8. The fraction of sp³-hybridized carbons (Fsp3) is 0.273. The summed E-state index contributed by atoms with van der Waals surface area (Å²) in [5.74, 6) is 0.420. The molecule has 1 rings (SSSR count). The Balaban J connectivity index is 2.68. The highest BCUT2D eigenvalue weighted by Crippen LogP contribution is 2.34. The molecule has 0 saturated heterocycles. The van der Waals surface area contributed by atoms with E-state index in [0.29, 0.717) is 5.75 Å². The van der Waals surface area contributed by atoms with Crippen molar-refractivity contribution in [1.29, 1.82) is 5.26 Å². The summed E-state index contributed by atoms with van der Waals surface area (Å²) in [4.78, 5) is 11.3. The number of nitrogens with zero attached hydrogens (tertiary/aromatic N) is 1. The van der Waals surface area contributed by atoms with E-state index >= 15 is 0 Å². The monoisotopic (exact) mass is 375 g/mol.